The highest BCUT2D eigenvalue weighted by Crippen LogP contribution is 2.25. The lowest BCUT2D eigenvalue weighted by atomic mass is 10.1. The number of nitrogens with zero attached hydrogens (tertiary/aromatic N) is 1. The molecule has 0 saturated heterocycles. The van der Waals surface area contributed by atoms with Crippen molar-refractivity contribution in [2.45, 2.75) is 73.8 Å². The molecule has 0 aliphatic rings. The van der Waals surface area contributed by atoms with E-state index < -0.39 is 0 Å². The van der Waals surface area contributed by atoms with Gasteiger partial charge in [-0.3, -0.25) is 0 Å². The zero-order valence-corrected chi connectivity index (χ0v) is 15.2. The molecule has 120 valence electrons. The summed E-state index contributed by atoms with van der Waals surface area (Å²) in [5.41, 5.74) is 3.80. The molecule has 0 radical (unpaired) electrons. The standard InChI is InChI=1S/C16H25N.C4H10/c1-6-14-10-9-11-16(12-14)17(13(4)5)15(7-2)8-3;1-4(2)3/h9-12,15H,4,6-8H2,1-3,5H3;4H,1-3H3. The lowest BCUT2D eigenvalue weighted by Gasteiger charge is -2.33. The van der Waals surface area contributed by atoms with Crippen LogP contribution in [0.5, 0.6) is 0 Å². The van der Waals surface area contributed by atoms with Crippen LogP contribution in [-0.2, 0) is 6.42 Å². The first kappa shape index (κ1) is 19.8. The summed E-state index contributed by atoms with van der Waals surface area (Å²) < 4.78 is 0. The van der Waals surface area contributed by atoms with Crippen molar-refractivity contribution in [2.75, 3.05) is 4.90 Å². The molecule has 0 unspecified atom stereocenters. The van der Waals surface area contributed by atoms with Gasteiger partial charge in [0.2, 0.25) is 0 Å². The maximum absolute atomic E-state index is 4.13. The third kappa shape index (κ3) is 7.36. The summed E-state index contributed by atoms with van der Waals surface area (Å²) in [5.74, 6) is 0.833. The summed E-state index contributed by atoms with van der Waals surface area (Å²) in [7, 11) is 0. The minimum absolute atomic E-state index is 0.555. The monoisotopic (exact) mass is 289 g/mol. The second kappa shape index (κ2) is 10.5. The second-order valence-corrected chi connectivity index (χ2v) is 6.33. The van der Waals surface area contributed by atoms with Crippen LogP contribution < -0.4 is 4.90 Å². The molecule has 0 aliphatic carbocycles. The molecule has 1 nitrogen and oxygen atoms in total. The Kier molecular flexibility index (Phi) is 9.86. The van der Waals surface area contributed by atoms with Gasteiger partial charge in [0.1, 0.15) is 0 Å². The molecular weight excluding hydrogens is 254 g/mol. The predicted molar refractivity (Wildman–Crippen MR) is 98.0 cm³/mol. The minimum Gasteiger partial charge on any atom is -0.343 e. The van der Waals surface area contributed by atoms with Gasteiger partial charge in [-0.2, -0.15) is 0 Å². The average Bonchev–Trinajstić information content (AvgIpc) is 2.43. The maximum Gasteiger partial charge on any atom is 0.0413 e. The Morgan fingerprint density at radius 2 is 1.62 bits per heavy atom. The van der Waals surface area contributed by atoms with Crippen LogP contribution in [0.15, 0.2) is 36.5 Å². The fraction of sp³-hybridized carbons (Fsp3) is 0.600. The Morgan fingerprint density at radius 1 is 1.10 bits per heavy atom. The van der Waals surface area contributed by atoms with E-state index in [0.717, 1.165) is 30.9 Å². The van der Waals surface area contributed by atoms with Gasteiger partial charge in [-0.1, -0.05) is 60.3 Å². The summed E-state index contributed by atoms with van der Waals surface area (Å²) >= 11 is 0. The number of aryl methyl sites for hydroxylation is 1. The molecule has 0 heterocycles. The molecule has 0 spiro atoms. The van der Waals surface area contributed by atoms with Crippen molar-refractivity contribution in [1.29, 1.82) is 0 Å². The molecular formula is C20H35N. The zero-order chi connectivity index (χ0) is 16.4. The number of rotatable bonds is 6. The average molecular weight is 290 g/mol. The van der Waals surface area contributed by atoms with E-state index in [-0.39, 0.29) is 0 Å². The molecule has 0 N–H and O–H groups in total. The van der Waals surface area contributed by atoms with Gasteiger partial charge in [-0.05, 0) is 49.8 Å². The molecule has 1 aromatic carbocycles. The molecule has 0 aromatic heterocycles. The first-order valence-corrected chi connectivity index (χ1v) is 8.40. The van der Waals surface area contributed by atoms with Gasteiger partial charge in [0, 0.05) is 17.4 Å². The largest absolute Gasteiger partial charge is 0.343 e. The van der Waals surface area contributed by atoms with Crippen molar-refractivity contribution >= 4 is 5.69 Å². The van der Waals surface area contributed by atoms with E-state index in [4.69, 9.17) is 0 Å². The molecule has 1 heteroatoms. The Balaban J connectivity index is 0.000000885. The van der Waals surface area contributed by atoms with Crippen LogP contribution in [0.25, 0.3) is 0 Å². The Labute approximate surface area is 133 Å². The van der Waals surface area contributed by atoms with Crippen LogP contribution >= 0.6 is 0 Å². The molecule has 0 fully saturated rings. The van der Waals surface area contributed by atoms with Gasteiger partial charge in [0.25, 0.3) is 0 Å². The van der Waals surface area contributed by atoms with Gasteiger partial charge >= 0.3 is 0 Å². The van der Waals surface area contributed by atoms with Gasteiger partial charge in [-0.15, -0.1) is 0 Å². The molecule has 0 atom stereocenters. The predicted octanol–water partition coefficient (Wildman–Crippen LogP) is 6.44. The van der Waals surface area contributed by atoms with Gasteiger partial charge in [0.15, 0.2) is 0 Å². The van der Waals surface area contributed by atoms with Crippen molar-refractivity contribution in [3.63, 3.8) is 0 Å². The summed E-state index contributed by atoms with van der Waals surface area (Å²) in [4.78, 5) is 2.37. The van der Waals surface area contributed by atoms with E-state index >= 15 is 0 Å². The van der Waals surface area contributed by atoms with E-state index in [1.54, 1.807) is 0 Å². The summed E-state index contributed by atoms with van der Waals surface area (Å²) in [6.45, 7) is 19.4. The maximum atomic E-state index is 4.13. The van der Waals surface area contributed by atoms with E-state index in [1.165, 1.54) is 11.3 Å². The third-order valence-corrected chi connectivity index (χ3v) is 3.32. The van der Waals surface area contributed by atoms with Crippen molar-refractivity contribution in [1.82, 2.24) is 0 Å². The first-order chi connectivity index (χ1) is 9.87. The van der Waals surface area contributed by atoms with Gasteiger partial charge < -0.3 is 4.90 Å². The highest BCUT2D eigenvalue weighted by atomic mass is 15.2. The van der Waals surface area contributed by atoms with Crippen LogP contribution in [0.1, 0.15) is 66.9 Å². The fourth-order valence-electron chi connectivity index (χ4n) is 2.32. The lowest BCUT2D eigenvalue weighted by Crippen LogP contribution is -2.32. The topological polar surface area (TPSA) is 3.24 Å². The quantitative estimate of drug-likeness (QED) is 0.582. The normalized spacial score (nSPS) is 10.3. The summed E-state index contributed by atoms with van der Waals surface area (Å²) in [5, 5.41) is 0. The van der Waals surface area contributed by atoms with Crippen molar-refractivity contribution in [3.05, 3.63) is 42.1 Å². The Morgan fingerprint density at radius 3 is 2.00 bits per heavy atom. The molecule has 21 heavy (non-hydrogen) atoms. The molecule has 0 aliphatic heterocycles. The first-order valence-electron chi connectivity index (χ1n) is 8.40. The number of allylic oxidation sites excluding steroid dienone is 1. The van der Waals surface area contributed by atoms with E-state index in [0.29, 0.717) is 6.04 Å². The Bertz CT molecular complexity index is 399. The number of anilines is 1. The summed E-state index contributed by atoms with van der Waals surface area (Å²) in [6, 6.07) is 9.36. The van der Waals surface area contributed by atoms with Crippen LogP contribution in [0, 0.1) is 5.92 Å². The van der Waals surface area contributed by atoms with E-state index in [2.05, 4.69) is 84.2 Å². The number of hydrogen-bond donors (Lipinski definition) is 0. The van der Waals surface area contributed by atoms with Gasteiger partial charge in [0.05, 0.1) is 0 Å². The van der Waals surface area contributed by atoms with E-state index in [1.807, 2.05) is 0 Å². The number of benzene rings is 1. The molecule has 0 bridgehead atoms. The van der Waals surface area contributed by atoms with Crippen LogP contribution in [-0.4, -0.2) is 6.04 Å². The van der Waals surface area contributed by atoms with Crippen LogP contribution in [0.3, 0.4) is 0 Å². The van der Waals surface area contributed by atoms with Gasteiger partial charge in [-0.25, -0.2) is 0 Å². The second-order valence-electron chi connectivity index (χ2n) is 6.33. The number of hydrogen-bond acceptors (Lipinski definition) is 1. The smallest absolute Gasteiger partial charge is 0.0413 e. The van der Waals surface area contributed by atoms with Crippen molar-refractivity contribution in [2.24, 2.45) is 5.92 Å². The molecule has 1 rings (SSSR count). The van der Waals surface area contributed by atoms with Crippen LogP contribution in [0.2, 0.25) is 0 Å². The Hall–Kier alpha value is -1.24. The molecule has 0 saturated carbocycles. The third-order valence-electron chi connectivity index (χ3n) is 3.32. The molecule has 0 amide bonds. The lowest BCUT2D eigenvalue weighted by molar-refractivity contribution is 0.594. The zero-order valence-electron chi connectivity index (χ0n) is 15.2. The van der Waals surface area contributed by atoms with Crippen molar-refractivity contribution in [3.8, 4) is 0 Å². The van der Waals surface area contributed by atoms with Crippen LogP contribution in [0.4, 0.5) is 5.69 Å². The molecule has 1 aromatic rings. The van der Waals surface area contributed by atoms with Crippen molar-refractivity contribution < 1.29 is 0 Å². The summed E-state index contributed by atoms with van der Waals surface area (Å²) in [6.07, 6.45) is 3.39. The highest BCUT2D eigenvalue weighted by molar-refractivity contribution is 5.54. The SMILES string of the molecule is C=C(C)N(c1cccc(CC)c1)C(CC)CC.CC(C)C. The fourth-order valence-corrected chi connectivity index (χ4v) is 2.32. The van der Waals surface area contributed by atoms with E-state index in [9.17, 15) is 0 Å². The minimum atomic E-state index is 0.555. The highest BCUT2D eigenvalue weighted by Gasteiger charge is 2.16.